The summed E-state index contributed by atoms with van der Waals surface area (Å²) in [5, 5.41) is 0. The van der Waals surface area contributed by atoms with Gasteiger partial charge in [-0.15, -0.1) is 0 Å². The maximum Gasteiger partial charge on any atom is 0.0553 e. The van der Waals surface area contributed by atoms with E-state index in [-0.39, 0.29) is 6.04 Å². The maximum absolute atomic E-state index is 6.15. The molecule has 0 aliphatic rings. The Morgan fingerprint density at radius 2 is 1.18 bits per heavy atom. The second-order valence-electron chi connectivity index (χ2n) is 4.08. The van der Waals surface area contributed by atoms with Gasteiger partial charge in [0.1, 0.15) is 0 Å². The van der Waals surface area contributed by atoms with Crippen molar-refractivity contribution in [2.24, 2.45) is 5.73 Å². The van der Waals surface area contributed by atoms with E-state index in [1.54, 1.807) is 6.07 Å². The predicted molar refractivity (Wildman–Crippen MR) is 72.2 cm³/mol. The second-order valence-corrected chi connectivity index (χ2v) is 4.08. The molecule has 4 nitrogen and oxygen atoms in total. The largest absolute Gasteiger partial charge is 0.399 e. The number of nitrogen functional groups attached to an aromatic ring is 3. The van der Waals surface area contributed by atoms with Gasteiger partial charge in [-0.05, 0) is 41.5 Å². The van der Waals surface area contributed by atoms with Crippen LogP contribution < -0.4 is 22.9 Å². The molecule has 1 atom stereocenters. The Bertz CT molecular complexity index is 499. The molecule has 0 fully saturated rings. The molecule has 0 aliphatic carbocycles. The minimum atomic E-state index is -0.249. The summed E-state index contributed by atoms with van der Waals surface area (Å²) in [5.74, 6) is 0. The van der Waals surface area contributed by atoms with E-state index in [4.69, 9.17) is 22.9 Å². The second kappa shape index (κ2) is 4.35. The van der Waals surface area contributed by atoms with E-state index < -0.39 is 0 Å². The van der Waals surface area contributed by atoms with E-state index in [1.807, 2.05) is 36.4 Å². The molecule has 0 heterocycles. The van der Waals surface area contributed by atoms with Gasteiger partial charge in [0, 0.05) is 17.1 Å². The fraction of sp³-hybridized carbons (Fsp3) is 0.0769. The first-order valence-electron chi connectivity index (χ1n) is 5.33. The van der Waals surface area contributed by atoms with Crippen LogP contribution in [0.3, 0.4) is 0 Å². The summed E-state index contributed by atoms with van der Waals surface area (Å²) < 4.78 is 0. The van der Waals surface area contributed by atoms with Crippen LogP contribution in [-0.4, -0.2) is 0 Å². The first-order valence-corrected chi connectivity index (χ1v) is 5.33. The predicted octanol–water partition coefficient (Wildman–Crippen LogP) is 1.48. The van der Waals surface area contributed by atoms with E-state index in [1.165, 1.54) is 0 Å². The molecule has 2 aromatic carbocycles. The summed E-state index contributed by atoms with van der Waals surface area (Å²) >= 11 is 0. The molecule has 2 rings (SSSR count). The van der Waals surface area contributed by atoms with Gasteiger partial charge < -0.3 is 22.9 Å². The Hall–Kier alpha value is -2.20. The van der Waals surface area contributed by atoms with E-state index in [0.717, 1.165) is 11.1 Å². The van der Waals surface area contributed by atoms with Crippen molar-refractivity contribution < 1.29 is 0 Å². The summed E-state index contributed by atoms with van der Waals surface area (Å²) in [4.78, 5) is 0. The van der Waals surface area contributed by atoms with E-state index in [9.17, 15) is 0 Å². The monoisotopic (exact) mass is 228 g/mol. The van der Waals surface area contributed by atoms with Gasteiger partial charge in [0.25, 0.3) is 0 Å². The van der Waals surface area contributed by atoms with E-state index in [2.05, 4.69) is 0 Å². The molecular formula is C13H16N4. The van der Waals surface area contributed by atoms with Crippen molar-refractivity contribution in [3.8, 4) is 0 Å². The lowest BCUT2D eigenvalue weighted by molar-refractivity contribution is 0.873. The highest BCUT2D eigenvalue weighted by atomic mass is 14.7. The van der Waals surface area contributed by atoms with Crippen molar-refractivity contribution in [3.05, 3.63) is 53.6 Å². The van der Waals surface area contributed by atoms with Crippen molar-refractivity contribution in [2.75, 3.05) is 17.2 Å². The standard InChI is InChI=1S/C13H16N4/c14-10-3-1-8(2-4-10)13(17)9-5-11(15)7-12(16)6-9/h1-7,13H,14-17H2. The zero-order valence-corrected chi connectivity index (χ0v) is 9.43. The summed E-state index contributed by atoms with van der Waals surface area (Å²) in [6.45, 7) is 0. The van der Waals surface area contributed by atoms with Crippen LogP contribution in [0.25, 0.3) is 0 Å². The zero-order valence-electron chi connectivity index (χ0n) is 9.43. The van der Waals surface area contributed by atoms with Gasteiger partial charge in [-0.25, -0.2) is 0 Å². The van der Waals surface area contributed by atoms with Crippen LogP contribution in [-0.2, 0) is 0 Å². The first-order chi connectivity index (χ1) is 8.06. The van der Waals surface area contributed by atoms with Crippen molar-refractivity contribution >= 4 is 17.1 Å². The number of anilines is 3. The third-order valence-electron chi connectivity index (χ3n) is 2.65. The van der Waals surface area contributed by atoms with Crippen LogP contribution in [0.2, 0.25) is 0 Å². The molecule has 8 N–H and O–H groups in total. The van der Waals surface area contributed by atoms with Crippen molar-refractivity contribution in [2.45, 2.75) is 6.04 Å². The highest BCUT2D eigenvalue weighted by Gasteiger charge is 2.09. The van der Waals surface area contributed by atoms with Gasteiger partial charge in [0.2, 0.25) is 0 Å². The summed E-state index contributed by atoms with van der Waals surface area (Å²) in [6, 6.07) is 12.6. The Kier molecular flexibility index (Phi) is 2.89. The molecule has 0 spiro atoms. The molecule has 2 aromatic rings. The molecule has 4 heteroatoms. The topological polar surface area (TPSA) is 104 Å². The molecular weight excluding hydrogens is 212 g/mol. The lowest BCUT2D eigenvalue weighted by Crippen LogP contribution is -2.12. The average molecular weight is 228 g/mol. The Morgan fingerprint density at radius 3 is 1.71 bits per heavy atom. The lowest BCUT2D eigenvalue weighted by Gasteiger charge is -2.14. The van der Waals surface area contributed by atoms with Crippen LogP contribution in [0.4, 0.5) is 17.1 Å². The molecule has 0 radical (unpaired) electrons. The quantitative estimate of drug-likeness (QED) is 0.584. The van der Waals surface area contributed by atoms with E-state index in [0.29, 0.717) is 17.1 Å². The number of benzene rings is 2. The number of hydrogen-bond donors (Lipinski definition) is 4. The van der Waals surface area contributed by atoms with Gasteiger partial charge in [-0.3, -0.25) is 0 Å². The minimum absolute atomic E-state index is 0.249. The molecule has 0 amide bonds. The van der Waals surface area contributed by atoms with Crippen molar-refractivity contribution in [3.63, 3.8) is 0 Å². The minimum Gasteiger partial charge on any atom is -0.399 e. The third kappa shape index (κ3) is 2.49. The normalized spacial score (nSPS) is 12.3. The smallest absolute Gasteiger partial charge is 0.0553 e. The number of rotatable bonds is 2. The van der Waals surface area contributed by atoms with Crippen LogP contribution in [0.1, 0.15) is 17.2 Å². The van der Waals surface area contributed by atoms with Gasteiger partial charge in [0.15, 0.2) is 0 Å². The lowest BCUT2D eigenvalue weighted by atomic mass is 9.98. The van der Waals surface area contributed by atoms with Gasteiger partial charge in [0.05, 0.1) is 6.04 Å². The SMILES string of the molecule is Nc1ccc(C(N)c2cc(N)cc(N)c2)cc1. The molecule has 0 aliphatic heterocycles. The van der Waals surface area contributed by atoms with Crippen molar-refractivity contribution in [1.29, 1.82) is 0 Å². The molecule has 88 valence electrons. The molecule has 0 saturated carbocycles. The molecule has 0 saturated heterocycles. The van der Waals surface area contributed by atoms with Crippen LogP contribution in [0.5, 0.6) is 0 Å². The van der Waals surface area contributed by atoms with Crippen LogP contribution >= 0.6 is 0 Å². The summed E-state index contributed by atoms with van der Waals surface area (Å²) in [5.41, 5.74) is 27.1. The third-order valence-corrected chi connectivity index (χ3v) is 2.65. The summed E-state index contributed by atoms with van der Waals surface area (Å²) in [6.07, 6.45) is 0. The number of hydrogen-bond acceptors (Lipinski definition) is 4. The highest BCUT2D eigenvalue weighted by Crippen LogP contribution is 2.24. The Balaban J connectivity index is 2.36. The maximum atomic E-state index is 6.15. The average Bonchev–Trinajstić information content (AvgIpc) is 2.28. The Labute approximate surface area is 100 Å². The summed E-state index contributed by atoms with van der Waals surface area (Å²) in [7, 11) is 0. The van der Waals surface area contributed by atoms with Crippen LogP contribution in [0.15, 0.2) is 42.5 Å². The zero-order chi connectivity index (χ0) is 12.4. The molecule has 1 unspecified atom stereocenters. The number of nitrogens with two attached hydrogens (primary N) is 4. The fourth-order valence-corrected chi connectivity index (χ4v) is 1.78. The van der Waals surface area contributed by atoms with Crippen LogP contribution in [0, 0.1) is 0 Å². The fourth-order valence-electron chi connectivity index (χ4n) is 1.78. The molecule has 17 heavy (non-hydrogen) atoms. The van der Waals surface area contributed by atoms with Gasteiger partial charge >= 0.3 is 0 Å². The van der Waals surface area contributed by atoms with Crippen molar-refractivity contribution in [1.82, 2.24) is 0 Å². The van der Waals surface area contributed by atoms with E-state index >= 15 is 0 Å². The van der Waals surface area contributed by atoms with Gasteiger partial charge in [-0.1, -0.05) is 12.1 Å². The molecule has 0 aromatic heterocycles. The van der Waals surface area contributed by atoms with Gasteiger partial charge in [-0.2, -0.15) is 0 Å². The molecule has 0 bridgehead atoms. The Morgan fingerprint density at radius 1 is 0.647 bits per heavy atom. The highest BCUT2D eigenvalue weighted by molar-refractivity contribution is 5.56. The first kappa shape index (κ1) is 11.3.